The second-order valence-corrected chi connectivity index (χ2v) is 8.59. The number of esters is 1. The number of imidazole rings is 1. The van der Waals surface area contributed by atoms with Gasteiger partial charge in [-0.15, -0.1) is 11.3 Å². The molecule has 1 N–H and O–H groups in total. The van der Waals surface area contributed by atoms with E-state index in [9.17, 15) is 9.59 Å². The highest BCUT2D eigenvalue weighted by atomic mass is 35.5. The Morgan fingerprint density at radius 3 is 2.73 bits per heavy atom. The molecule has 0 spiro atoms. The highest BCUT2D eigenvalue weighted by Crippen LogP contribution is 2.26. The van der Waals surface area contributed by atoms with E-state index in [1.807, 2.05) is 66.3 Å². The second kappa shape index (κ2) is 10.4. The van der Waals surface area contributed by atoms with Crippen LogP contribution in [0.15, 0.2) is 72.4 Å². The SMILES string of the molecule is Cn1ccnc1C(NC(=O)COC(=O)Cc1csc(-c2cccc(Cl)c2)n1)c1ccccc1. The fourth-order valence-electron chi connectivity index (χ4n) is 3.29. The van der Waals surface area contributed by atoms with Crippen molar-refractivity contribution in [2.24, 2.45) is 7.05 Å². The number of carbonyl (C=O) groups excluding carboxylic acids is 2. The van der Waals surface area contributed by atoms with Gasteiger partial charge in [0, 0.05) is 35.4 Å². The zero-order valence-corrected chi connectivity index (χ0v) is 19.3. The quantitative estimate of drug-likeness (QED) is 0.382. The van der Waals surface area contributed by atoms with E-state index in [-0.39, 0.29) is 6.42 Å². The summed E-state index contributed by atoms with van der Waals surface area (Å²) in [6.45, 7) is -0.391. The summed E-state index contributed by atoms with van der Waals surface area (Å²) >= 11 is 7.45. The number of aryl methyl sites for hydroxylation is 1. The second-order valence-electron chi connectivity index (χ2n) is 7.30. The summed E-state index contributed by atoms with van der Waals surface area (Å²) in [6, 6.07) is 16.4. The molecule has 1 amide bonds. The van der Waals surface area contributed by atoms with E-state index in [4.69, 9.17) is 16.3 Å². The van der Waals surface area contributed by atoms with E-state index in [1.54, 1.807) is 17.6 Å². The van der Waals surface area contributed by atoms with Crippen LogP contribution in [0.5, 0.6) is 0 Å². The van der Waals surface area contributed by atoms with Crippen molar-refractivity contribution in [3.05, 3.63) is 94.5 Å². The molecular formula is C24H21ClN4O3S. The minimum atomic E-state index is -0.527. The Balaban J connectivity index is 1.34. The van der Waals surface area contributed by atoms with Gasteiger partial charge in [0.2, 0.25) is 0 Å². The Labute approximate surface area is 200 Å². The summed E-state index contributed by atoms with van der Waals surface area (Å²) in [6.07, 6.45) is 3.46. The van der Waals surface area contributed by atoms with Crippen molar-refractivity contribution >= 4 is 34.8 Å². The maximum Gasteiger partial charge on any atom is 0.312 e. The summed E-state index contributed by atoms with van der Waals surface area (Å²) in [7, 11) is 1.86. The van der Waals surface area contributed by atoms with E-state index in [0.29, 0.717) is 16.5 Å². The lowest BCUT2D eigenvalue weighted by atomic mass is 10.1. The van der Waals surface area contributed by atoms with Crippen molar-refractivity contribution in [1.82, 2.24) is 19.9 Å². The summed E-state index contributed by atoms with van der Waals surface area (Å²) in [5.41, 5.74) is 2.34. The maximum atomic E-state index is 12.6. The number of nitrogens with zero attached hydrogens (tertiary/aromatic N) is 3. The zero-order valence-electron chi connectivity index (χ0n) is 17.8. The molecule has 33 heavy (non-hydrogen) atoms. The molecule has 4 aromatic rings. The van der Waals surface area contributed by atoms with E-state index in [1.165, 1.54) is 11.3 Å². The Kier molecular flexibility index (Phi) is 7.16. The minimum Gasteiger partial charge on any atom is -0.455 e. The van der Waals surface area contributed by atoms with Crippen molar-refractivity contribution in [3.63, 3.8) is 0 Å². The van der Waals surface area contributed by atoms with Gasteiger partial charge in [0.25, 0.3) is 5.91 Å². The van der Waals surface area contributed by atoms with Crippen LogP contribution in [0.2, 0.25) is 5.02 Å². The van der Waals surface area contributed by atoms with E-state index in [2.05, 4.69) is 15.3 Å². The largest absolute Gasteiger partial charge is 0.455 e. The Morgan fingerprint density at radius 2 is 2.00 bits per heavy atom. The molecule has 168 valence electrons. The molecule has 2 aromatic heterocycles. The van der Waals surface area contributed by atoms with Gasteiger partial charge in [-0.3, -0.25) is 9.59 Å². The first kappa shape index (κ1) is 22.7. The molecule has 0 fully saturated rings. The molecule has 2 heterocycles. The first-order valence-electron chi connectivity index (χ1n) is 10.2. The average molecular weight is 481 g/mol. The number of benzene rings is 2. The van der Waals surface area contributed by atoms with Crippen LogP contribution in [0.25, 0.3) is 10.6 Å². The first-order valence-corrected chi connectivity index (χ1v) is 11.4. The molecule has 1 atom stereocenters. The van der Waals surface area contributed by atoms with Crippen LogP contribution in [-0.2, 0) is 27.8 Å². The van der Waals surface area contributed by atoms with Crippen LogP contribution in [0.1, 0.15) is 23.1 Å². The van der Waals surface area contributed by atoms with Crippen LogP contribution in [0.3, 0.4) is 0 Å². The molecule has 0 aliphatic heterocycles. The number of hydrogen-bond acceptors (Lipinski definition) is 6. The molecule has 0 radical (unpaired) electrons. The lowest BCUT2D eigenvalue weighted by molar-refractivity contribution is -0.148. The molecule has 1 unspecified atom stereocenters. The molecule has 9 heteroatoms. The van der Waals surface area contributed by atoms with Crippen molar-refractivity contribution in [2.45, 2.75) is 12.5 Å². The summed E-state index contributed by atoms with van der Waals surface area (Å²) in [4.78, 5) is 33.7. The van der Waals surface area contributed by atoms with Crippen LogP contribution in [0, 0.1) is 0 Å². The van der Waals surface area contributed by atoms with E-state index >= 15 is 0 Å². The summed E-state index contributed by atoms with van der Waals surface area (Å²) in [5, 5.41) is 6.08. The van der Waals surface area contributed by atoms with Gasteiger partial charge in [-0.2, -0.15) is 0 Å². The number of rotatable bonds is 8. The summed E-state index contributed by atoms with van der Waals surface area (Å²) < 4.78 is 7.03. The third kappa shape index (κ3) is 5.85. The Hall–Kier alpha value is -3.49. The molecule has 0 saturated heterocycles. The smallest absolute Gasteiger partial charge is 0.312 e. The number of hydrogen-bond donors (Lipinski definition) is 1. The average Bonchev–Trinajstić information content (AvgIpc) is 3.46. The molecule has 2 aromatic carbocycles. The Bertz CT molecular complexity index is 1260. The maximum absolute atomic E-state index is 12.6. The third-order valence-electron chi connectivity index (χ3n) is 4.87. The highest BCUT2D eigenvalue weighted by molar-refractivity contribution is 7.13. The fraction of sp³-hybridized carbons (Fsp3) is 0.167. The van der Waals surface area contributed by atoms with Crippen LogP contribution in [0.4, 0.5) is 0 Å². The molecule has 0 bridgehead atoms. The molecular weight excluding hydrogens is 460 g/mol. The van der Waals surface area contributed by atoms with Gasteiger partial charge in [-0.05, 0) is 17.7 Å². The lowest BCUT2D eigenvalue weighted by Gasteiger charge is -2.19. The molecule has 0 saturated carbocycles. The molecule has 0 aliphatic rings. The number of halogens is 1. The van der Waals surface area contributed by atoms with Gasteiger partial charge < -0.3 is 14.6 Å². The number of ether oxygens (including phenoxy) is 1. The predicted octanol–water partition coefficient (Wildman–Crippen LogP) is 4.19. The van der Waals surface area contributed by atoms with Gasteiger partial charge in [-0.25, -0.2) is 9.97 Å². The van der Waals surface area contributed by atoms with Crippen molar-refractivity contribution in [2.75, 3.05) is 6.61 Å². The Morgan fingerprint density at radius 1 is 1.18 bits per heavy atom. The lowest BCUT2D eigenvalue weighted by Crippen LogP contribution is -2.34. The fourth-order valence-corrected chi connectivity index (χ4v) is 4.29. The standard InChI is InChI=1S/C24H21ClN4O3S/c1-29-11-10-26-23(29)22(16-6-3-2-4-7-16)28-20(30)14-32-21(31)13-19-15-33-24(27-19)17-8-5-9-18(25)12-17/h2-12,15,22H,13-14H2,1H3,(H,28,30). The molecule has 7 nitrogen and oxygen atoms in total. The van der Waals surface area contributed by atoms with Gasteiger partial charge in [0.1, 0.15) is 16.9 Å². The van der Waals surface area contributed by atoms with Crippen LogP contribution < -0.4 is 5.32 Å². The van der Waals surface area contributed by atoms with Crippen molar-refractivity contribution in [3.8, 4) is 10.6 Å². The summed E-state index contributed by atoms with van der Waals surface area (Å²) in [5.74, 6) is -0.267. The first-order chi connectivity index (χ1) is 16.0. The predicted molar refractivity (Wildman–Crippen MR) is 127 cm³/mol. The number of carbonyl (C=O) groups is 2. The van der Waals surface area contributed by atoms with Gasteiger partial charge in [0.15, 0.2) is 6.61 Å². The van der Waals surface area contributed by atoms with Gasteiger partial charge in [0.05, 0.1) is 12.1 Å². The molecule has 4 rings (SSSR count). The van der Waals surface area contributed by atoms with Crippen molar-refractivity contribution < 1.29 is 14.3 Å². The van der Waals surface area contributed by atoms with Crippen LogP contribution >= 0.6 is 22.9 Å². The number of nitrogens with one attached hydrogen (secondary N) is 1. The van der Waals surface area contributed by atoms with Crippen LogP contribution in [-0.4, -0.2) is 33.0 Å². The van der Waals surface area contributed by atoms with E-state index in [0.717, 1.165) is 16.1 Å². The van der Waals surface area contributed by atoms with E-state index < -0.39 is 24.5 Å². The normalized spacial score (nSPS) is 11.7. The van der Waals surface area contributed by atoms with Crippen molar-refractivity contribution in [1.29, 1.82) is 0 Å². The topological polar surface area (TPSA) is 86.1 Å². The minimum absolute atomic E-state index is 0.0220. The monoisotopic (exact) mass is 480 g/mol. The van der Waals surface area contributed by atoms with Gasteiger partial charge in [-0.1, -0.05) is 54.1 Å². The highest BCUT2D eigenvalue weighted by Gasteiger charge is 2.21. The molecule has 0 aliphatic carbocycles. The number of thiazole rings is 1. The third-order valence-corrected chi connectivity index (χ3v) is 6.04. The van der Waals surface area contributed by atoms with Gasteiger partial charge >= 0.3 is 5.97 Å². The number of aromatic nitrogens is 3. The zero-order chi connectivity index (χ0) is 23.2. The number of amides is 1.